The highest BCUT2D eigenvalue weighted by Crippen LogP contribution is 2.02. The van der Waals surface area contributed by atoms with Crippen LogP contribution in [0, 0.1) is 0 Å². The summed E-state index contributed by atoms with van der Waals surface area (Å²) < 4.78 is 10.7. The van der Waals surface area contributed by atoms with Gasteiger partial charge in [0.25, 0.3) is 0 Å². The molecule has 0 radical (unpaired) electrons. The predicted molar refractivity (Wildman–Crippen MR) is 103 cm³/mol. The third kappa shape index (κ3) is 7.92. The Morgan fingerprint density at radius 1 is 0.926 bits per heavy atom. The number of nitrogens with one attached hydrogen (secondary N) is 2. The quantitative estimate of drug-likeness (QED) is 0.630. The highest BCUT2D eigenvalue weighted by atomic mass is 16.5. The normalized spacial score (nSPS) is 11.4. The van der Waals surface area contributed by atoms with Crippen LogP contribution in [0.4, 0.5) is 4.79 Å². The van der Waals surface area contributed by atoms with E-state index in [9.17, 15) is 9.59 Å². The molecule has 0 aliphatic carbocycles. The third-order valence-electron chi connectivity index (χ3n) is 3.89. The van der Waals surface area contributed by atoms with Crippen LogP contribution < -0.4 is 10.6 Å². The summed E-state index contributed by atoms with van der Waals surface area (Å²) in [5.41, 5.74) is 1.97. The molecule has 0 saturated carbocycles. The fourth-order valence-corrected chi connectivity index (χ4v) is 2.39. The van der Waals surface area contributed by atoms with Crippen LogP contribution in [0.5, 0.6) is 0 Å². The van der Waals surface area contributed by atoms with Crippen molar-refractivity contribution in [2.75, 3.05) is 13.2 Å². The van der Waals surface area contributed by atoms with Crippen LogP contribution in [0.2, 0.25) is 0 Å². The van der Waals surface area contributed by atoms with Crippen molar-refractivity contribution in [3.8, 4) is 0 Å². The van der Waals surface area contributed by atoms with Gasteiger partial charge in [0.2, 0.25) is 5.91 Å². The zero-order chi connectivity index (χ0) is 19.3. The number of carbonyl (C=O) groups excluding carboxylic acids is 2. The molecule has 0 unspecified atom stereocenters. The monoisotopic (exact) mass is 370 g/mol. The van der Waals surface area contributed by atoms with Gasteiger partial charge >= 0.3 is 6.09 Å². The molecule has 0 aliphatic heterocycles. The van der Waals surface area contributed by atoms with Gasteiger partial charge in [-0.3, -0.25) is 4.79 Å². The van der Waals surface area contributed by atoms with Crippen molar-refractivity contribution < 1.29 is 19.1 Å². The summed E-state index contributed by atoms with van der Waals surface area (Å²) in [5, 5.41) is 5.35. The standard InChI is InChI=1S/C21H26N2O4/c1-2-19(23-21(25)27-16-18-11-7-4-8-12-18)20(24)22-13-14-26-15-17-9-5-3-6-10-17/h3-12,19H,2,13-16H2,1H3,(H,22,24)(H,23,25)/t19-/m1/s1. The highest BCUT2D eigenvalue weighted by Gasteiger charge is 2.19. The second kappa shape index (κ2) is 11.7. The Balaban J connectivity index is 1.63. The van der Waals surface area contributed by atoms with Gasteiger partial charge in [0.05, 0.1) is 13.2 Å². The first-order chi connectivity index (χ1) is 13.2. The molecule has 1 atom stereocenters. The summed E-state index contributed by atoms with van der Waals surface area (Å²) in [5.74, 6) is -0.252. The minimum Gasteiger partial charge on any atom is -0.445 e. The topological polar surface area (TPSA) is 76.7 Å². The van der Waals surface area contributed by atoms with E-state index in [2.05, 4.69) is 10.6 Å². The van der Waals surface area contributed by atoms with E-state index in [1.807, 2.05) is 67.6 Å². The highest BCUT2D eigenvalue weighted by molar-refractivity contribution is 5.85. The summed E-state index contributed by atoms with van der Waals surface area (Å²) in [6, 6.07) is 18.6. The molecule has 2 N–H and O–H groups in total. The first kappa shape index (κ1) is 20.5. The molecule has 0 aromatic heterocycles. The fourth-order valence-electron chi connectivity index (χ4n) is 2.39. The lowest BCUT2D eigenvalue weighted by atomic mass is 10.2. The van der Waals surface area contributed by atoms with Crippen LogP contribution in [0.15, 0.2) is 60.7 Å². The molecule has 6 nitrogen and oxygen atoms in total. The minimum atomic E-state index is -0.637. The Labute approximate surface area is 159 Å². The number of hydrogen-bond donors (Lipinski definition) is 2. The van der Waals surface area contributed by atoms with E-state index in [1.165, 1.54) is 0 Å². The number of alkyl carbamates (subject to hydrolysis) is 1. The molecule has 0 spiro atoms. The Morgan fingerprint density at radius 3 is 2.11 bits per heavy atom. The maximum Gasteiger partial charge on any atom is 0.408 e. The fraction of sp³-hybridized carbons (Fsp3) is 0.333. The molecule has 0 heterocycles. The van der Waals surface area contributed by atoms with Crippen molar-refractivity contribution in [2.45, 2.75) is 32.6 Å². The van der Waals surface area contributed by atoms with Crippen molar-refractivity contribution >= 4 is 12.0 Å². The largest absolute Gasteiger partial charge is 0.445 e. The molecule has 144 valence electrons. The number of amides is 2. The van der Waals surface area contributed by atoms with Gasteiger partial charge in [0.1, 0.15) is 12.6 Å². The molecular weight excluding hydrogens is 344 g/mol. The Hall–Kier alpha value is -2.86. The number of hydrogen-bond acceptors (Lipinski definition) is 4. The lowest BCUT2D eigenvalue weighted by Gasteiger charge is -2.16. The van der Waals surface area contributed by atoms with Gasteiger partial charge in [-0.25, -0.2) is 4.79 Å². The number of carbonyl (C=O) groups is 2. The van der Waals surface area contributed by atoms with Crippen LogP contribution in [-0.4, -0.2) is 31.2 Å². The molecule has 6 heteroatoms. The number of benzene rings is 2. The van der Waals surface area contributed by atoms with Gasteiger partial charge in [-0.05, 0) is 17.5 Å². The Kier molecular flexibility index (Phi) is 8.86. The van der Waals surface area contributed by atoms with Crippen LogP contribution >= 0.6 is 0 Å². The van der Waals surface area contributed by atoms with Gasteiger partial charge < -0.3 is 20.1 Å². The van der Waals surface area contributed by atoms with Gasteiger partial charge in [0.15, 0.2) is 0 Å². The molecule has 2 amide bonds. The maximum absolute atomic E-state index is 12.2. The van der Waals surface area contributed by atoms with Crippen molar-refractivity contribution in [2.24, 2.45) is 0 Å². The average Bonchev–Trinajstić information content (AvgIpc) is 2.71. The maximum atomic E-state index is 12.2. The van der Waals surface area contributed by atoms with Crippen molar-refractivity contribution in [1.29, 1.82) is 0 Å². The van der Waals surface area contributed by atoms with Gasteiger partial charge in [-0.2, -0.15) is 0 Å². The second-order valence-electron chi connectivity index (χ2n) is 6.00. The van der Waals surface area contributed by atoms with E-state index in [4.69, 9.17) is 9.47 Å². The van der Waals surface area contributed by atoms with E-state index >= 15 is 0 Å². The Morgan fingerprint density at radius 2 is 1.52 bits per heavy atom. The molecular formula is C21H26N2O4. The lowest BCUT2D eigenvalue weighted by molar-refractivity contribution is -0.123. The van der Waals surface area contributed by atoms with Gasteiger partial charge in [-0.1, -0.05) is 67.6 Å². The van der Waals surface area contributed by atoms with Gasteiger partial charge in [-0.15, -0.1) is 0 Å². The summed E-state index contributed by atoms with van der Waals surface area (Å²) in [7, 11) is 0. The molecule has 27 heavy (non-hydrogen) atoms. The third-order valence-corrected chi connectivity index (χ3v) is 3.89. The zero-order valence-electron chi connectivity index (χ0n) is 15.5. The Bertz CT molecular complexity index is 692. The molecule has 0 aliphatic rings. The van der Waals surface area contributed by atoms with Crippen molar-refractivity contribution in [3.05, 3.63) is 71.8 Å². The minimum absolute atomic E-state index is 0.165. The van der Waals surface area contributed by atoms with E-state index in [1.54, 1.807) is 0 Å². The van der Waals surface area contributed by atoms with E-state index in [0.29, 0.717) is 26.2 Å². The molecule has 0 fully saturated rings. The number of ether oxygens (including phenoxy) is 2. The van der Waals surface area contributed by atoms with Crippen molar-refractivity contribution in [1.82, 2.24) is 10.6 Å². The zero-order valence-corrected chi connectivity index (χ0v) is 15.5. The molecule has 2 rings (SSSR count). The van der Waals surface area contributed by atoms with Crippen LogP contribution in [0.3, 0.4) is 0 Å². The van der Waals surface area contributed by atoms with E-state index < -0.39 is 12.1 Å². The molecule has 0 saturated heterocycles. The van der Waals surface area contributed by atoms with Crippen LogP contribution in [0.25, 0.3) is 0 Å². The summed E-state index contributed by atoms with van der Waals surface area (Å²) >= 11 is 0. The molecule has 0 bridgehead atoms. The van der Waals surface area contributed by atoms with E-state index in [-0.39, 0.29) is 12.5 Å². The molecule has 2 aromatic rings. The van der Waals surface area contributed by atoms with Crippen molar-refractivity contribution in [3.63, 3.8) is 0 Å². The van der Waals surface area contributed by atoms with Crippen LogP contribution in [-0.2, 0) is 27.5 Å². The summed E-state index contributed by atoms with van der Waals surface area (Å²) in [4.78, 5) is 24.1. The van der Waals surface area contributed by atoms with Gasteiger partial charge in [0, 0.05) is 6.54 Å². The smallest absolute Gasteiger partial charge is 0.408 e. The predicted octanol–water partition coefficient (Wildman–Crippen LogP) is 3.02. The summed E-state index contributed by atoms with van der Waals surface area (Å²) in [6.45, 7) is 3.27. The average molecular weight is 370 g/mol. The van der Waals surface area contributed by atoms with E-state index in [0.717, 1.165) is 11.1 Å². The summed E-state index contributed by atoms with van der Waals surface area (Å²) in [6.07, 6.45) is -0.141. The first-order valence-electron chi connectivity index (χ1n) is 9.05. The second-order valence-corrected chi connectivity index (χ2v) is 6.00. The molecule has 2 aromatic carbocycles. The first-order valence-corrected chi connectivity index (χ1v) is 9.05. The lowest BCUT2D eigenvalue weighted by Crippen LogP contribution is -2.47. The number of rotatable bonds is 10. The van der Waals surface area contributed by atoms with Crippen LogP contribution in [0.1, 0.15) is 24.5 Å². The SMILES string of the molecule is CC[C@@H](NC(=O)OCc1ccccc1)C(=O)NCCOCc1ccccc1.